The zero-order valence-electron chi connectivity index (χ0n) is 22.3. The third-order valence-electron chi connectivity index (χ3n) is 7.54. The van der Waals surface area contributed by atoms with E-state index in [4.69, 9.17) is 0 Å². The van der Waals surface area contributed by atoms with E-state index in [0.29, 0.717) is 5.92 Å². The van der Waals surface area contributed by atoms with Crippen LogP contribution in [0.25, 0.3) is 22.9 Å². The van der Waals surface area contributed by atoms with Crippen LogP contribution in [0.2, 0.25) is 0 Å². The summed E-state index contributed by atoms with van der Waals surface area (Å²) in [6.07, 6.45) is 42.4. The van der Waals surface area contributed by atoms with Crippen molar-refractivity contribution in [2.75, 3.05) is 0 Å². The molecule has 0 saturated heterocycles. The number of hydrogen-bond donors (Lipinski definition) is 0. The molecule has 5 rings (SSSR count). The molecular weight excluding hydrogens is 444 g/mol. The van der Waals surface area contributed by atoms with Gasteiger partial charge in [-0.3, -0.25) is 0 Å². The van der Waals surface area contributed by atoms with Gasteiger partial charge in [0.1, 0.15) is 0 Å². The molecular formula is C37H38. The number of aryl methyl sites for hydroxylation is 2. The predicted molar refractivity (Wildman–Crippen MR) is 164 cm³/mol. The van der Waals surface area contributed by atoms with Crippen molar-refractivity contribution in [3.05, 3.63) is 142 Å². The van der Waals surface area contributed by atoms with E-state index in [1.165, 1.54) is 50.6 Å². The van der Waals surface area contributed by atoms with E-state index in [2.05, 4.69) is 129 Å². The molecule has 0 heteroatoms. The highest BCUT2D eigenvalue weighted by Crippen LogP contribution is 2.36. The summed E-state index contributed by atoms with van der Waals surface area (Å²) in [5.41, 5.74) is 10.0. The minimum Gasteiger partial charge on any atom is -0.0807 e. The number of rotatable bonds is 7. The Morgan fingerprint density at radius 3 is 2.59 bits per heavy atom. The summed E-state index contributed by atoms with van der Waals surface area (Å²) in [5.74, 6) is 0.297. The molecule has 0 nitrogen and oxygen atoms in total. The van der Waals surface area contributed by atoms with E-state index in [-0.39, 0.29) is 0 Å². The highest BCUT2D eigenvalue weighted by Gasteiger charge is 2.17. The number of hydrogen-bond acceptors (Lipinski definition) is 0. The molecule has 0 saturated carbocycles. The average Bonchev–Trinajstić information content (AvgIpc) is 3.37. The van der Waals surface area contributed by atoms with Gasteiger partial charge in [-0.25, -0.2) is 0 Å². The van der Waals surface area contributed by atoms with Gasteiger partial charge >= 0.3 is 0 Å². The molecule has 186 valence electrons. The van der Waals surface area contributed by atoms with E-state index in [1.54, 1.807) is 5.56 Å². The standard InChI is InChI=1S/C37H38/c1-3-15-32-34-23-9-6-10-24-35(34)33(16-4-2)37-27-28(25-26-36(32)37)17-11-12-19-30-21-14-13-20-29-18-7-5-8-22-31(29)30/h5-7,9-14,17-22,24-27,30H,3-4,8,15-16,23H2,1-2H3/b17-11+,19-12+. The van der Waals surface area contributed by atoms with Crippen molar-refractivity contribution in [2.45, 2.75) is 52.4 Å². The van der Waals surface area contributed by atoms with Gasteiger partial charge in [0.05, 0.1) is 0 Å². The number of benzene rings is 2. The lowest BCUT2D eigenvalue weighted by molar-refractivity contribution is 0.900. The van der Waals surface area contributed by atoms with Crippen LogP contribution in [0, 0.1) is 5.92 Å². The van der Waals surface area contributed by atoms with Crippen molar-refractivity contribution in [1.82, 2.24) is 0 Å². The molecule has 0 amide bonds. The molecule has 0 aromatic heterocycles. The maximum Gasteiger partial charge on any atom is 0.0207 e. The van der Waals surface area contributed by atoms with Crippen LogP contribution < -0.4 is 0 Å². The summed E-state index contributed by atoms with van der Waals surface area (Å²) in [4.78, 5) is 0. The first-order valence-electron chi connectivity index (χ1n) is 14.0. The van der Waals surface area contributed by atoms with Crippen LogP contribution in [-0.4, -0.2) is 0 Å². The second-order valence-corrected chi connectivity index (χ2v) is 10.1. The predicted octanol–water partition coefficient (Wildman–Crippen LogP) is 9.99. The maximum absolute atomic E-state index is 2.42. The van der Waals surface area contributed by atoms with Gasteiger partial charge in [-0.15, -0.1) is 0 Å². The van der Waals surface area contributed by atoms with Crippen LogP contribution in [0.3, 0.4) is 0 Å². The molecule has 0 heterocycles. The molecule has 1 atom stereocenters. The first kappa shape index (κ1) is 25.0. The van der Waals surface area contributed by atoms with E-state index in [0.717, 1.165) is 32.1 Å². The average molecular weight is 483 g/mol. The molecule has 37 heavy (non-hydrogen) atoms. The Hall–Kier alpha value is -3.64. The van der Waals surface area contributed by atoms with Crippen LogP contribution in [0.15, 0.2) is 114 Å². The van der Waals surface area contributed by atoms with Gasteiger partial charge < -0.3 is 0 Å². The van der Waals surface area contributed by atoms with Crippen LogP contribution >= 0.6 is 0 Å². The van der Waals surface area contributed by atoms with Gasteiger partial charge in [-0.1, -0.05) is 136 Å². The Kier molecular flexibility index (Phi) is 8.16. The topological polar surface area (TPSA) is 0 Å². The smallest absolute Gasteiger partial charge is 0.0207 e. The molecule has 1 unspecified atom stereocenters. The first-order valence-corrected chi connectivity index (χ1v) is 14.0. The fourth-order valence-electron chi connectivity index (χ4n) is 5.84. The molecule has 2 aromatic carbocycles. The lowest BCUT2D eigenvalue weighted by Crippen LogP contribution is -2.04. The Morgan fingerprint density at radius 2 is 1.70 bits per heavy atom. The summed E-state index contributed by atoms with van der Waals surface area (Å²) >= 11 is 0. The van der Waals surface area contributed by atoms with Gasteiger partial charge in [-0.05, 0) is 81.5 Å². The third kappa shape index (κ3) is 5.54. The van der Waals surface area contributed by atoms with E-state index in [1.807, 2.05) is 0 Å². The minimum absolute atomic E-state index is 0.297. The second-order valence-electron chi connectivity index (χ2n) is 10.1. The lowest BCUT2D eigenvalue weighted by Gasteiger charge is -2.20. The van der Waals surface area contributed by atoms with E-state index in [9.17, 15) is 0 Å². The van der Waals surface area contributed by atoms with Gasteiger partial charge in [0, 0.05) is 5.92 Å². The summed E-state index contributed by atoms with van der Waals surface area (Å²) in [5, 5.41) is 2.88. The van der Waals surface area contributed by atoms with Crippen molar-refractivity contribution in [2.24, 2.45) is 5.92 Å². The van der Waals surface area contributed by atoms with Gasteiger partial charge in [0.15, 0.2) is 0 Å². The SMILES string of the molecule is CCCc1c2c(c(CCC)c3ccc(/C=C/C=C/C4C=CC=CC5=CC=CCC=C54)cc13)CC=CC=C2. The molecule has 0 N–H and O–H groups in total. The van der Waals surface area contributed by atoms with Crippen molar-refractivity contribution >= 4 is 22.9 Å². The molecule has 0 fully saturated rings. The molecule has 0 bridgehead atoms. The molecule has 3 aliphatic carbocycles. The number of fused-ring (bicyclic) bond motifs is 3. The molecule has 0 spiro atoms. The Bertz CT molecular complexity index is 1420. The lowest BCUT2D eigenvalue weighted by atomic mass is 9.84. The zero-order valence-corrected chi connectivity index (χ0v) is 22.3. The van der Waals surface area contributed by atoms with Gasteiger partial charge in [-0.2, -0.15) is 0 Å². The second kappa shape index (κ2) is 12.1. The van der Waals surface area contributed by atoms with Gasteiger partial charge in [0.25, 0.3) is 0 Å². The largest absolute Gasteiger partial charge is 0.0807 e. The van der Waals surface area contributed by atoms with Crippen LogP contribution in [0.1, 0.15) is 60.9 Å². The quantitative estimate of drug-likeness (QED) is 0.344. The minimum atomic E-state index is 0.297. The normalized spacial score (nSPS) is 18.6. The van der Waals surface area contributed by atoms with Crippen molar-refractivity contribution in [1.29, 1.82) is 0 Å². The molecule has 3 aliphatic rings. The van der Waals surface area contributed by atoms with Crippen LogP contribution in [0.4, 0.5) is 0 Å². The van der Waals surface area contributed by atoms with E-state index >= 15 is 0 Å². The summed E-state index contributed by atoms with van der Waals surface area (Å²) < 4.78 is 0. The maximum atomic E-state index is 2.42. The number of allylic oxidation sites excluding steroid dienone is 16. The molecule has 0 aliphatic heterocycles. The molecule has 2 aromatic rings. The highest BCUT2D eigenvalue weighted by molar-refractivity contribution is 5.95. The highest BCUT2D eigenvalue weighted by atomic mass is 14.2. The third-order valence-corrected chi connectivity index (χ3v) is 7.54. The van der Waals surface area contributed by atoms with Crippen molar-refractivity contribution < 1.29 is 0 Å². The fourth-order valence-corrected chi connectivity index (χ4v) is 5.84. The van der Waals surface area contributed by atoms with Crippen LogP contribution in [-0.2, 0) is 19.3 Å². The Balaban J connectivity index is 1.48. The monoisotopic (exact) mass is 482 g/mol. The van der Waals surface area contributed by atoms with Crippen molar-refractivity contribution in [3.63, 3.8) is 0 Å². The first-order chi connectivity index (χ1) is 18.3. The molecule has 0 radical (unpaired) electrons. The van der Waals surface area contributed by atoms with E-state index < -0.39 is 0 Å². The summed E-state index contributed by atoms with van der Waals surface area (Å²) in [6.45, 7) is 4.59. The summed E-state index contributed by atoms with van der Waals surface area (Å²) in [6, 6.07) is 7.10. The van der Waals surface area contributed by atoms with Crippen LogP contribution in [0.5, 0.6) is 0 Å². The zero-order chi connectivity index (χ0) is 25.5. The summed E-state index contributed by atoms with van der Waals surface area (Å²) in [7, 11) is 0. The Labute approximate surface area is 223 Å². The van der Waals surface area contributed by atoms with Crippen molar-refractivity contribution in [3.8, 4) is 0 Å². The Morgan fingerprint density at radius 1 is 0.838 bits per heavy atom. The van der Waals surface area contributed by atoms with Gasteiger partial charge in [0.2, 0.25) is 0 Å². The fraction of sp³-hybridized carbons (Fsp3) is 0.243.